The normalized spacial score (nSPS) is 10.1. The number of carbonyl (C=O) groups is 1. The SMILES string of the molecule is COc1ccc(Cl)cc1C(=O)Nc1[nH]ncc1C(N)=S. The van der Waals surface area contributed by atoms with Crippen molar-refractivity contribution in [3.8, 4) is 5.75 Å². The molecule has 0 fully saturated rings. The van der Waals surface area contributed by atoms with Crippen molar-refractivity contribution in [2.24, 2.45) is 5.73 Å². The van der Waals surface area contributed by atoms with E-state index in [9.17, 15) is 4.79 Å². The van der Waals surface area contributed by atoms with Crippen LogP contribution in [0, 0.1) is 0 Å². The Bertz CT molecular complexity index is 671. The molecule has 0 saturated heterocycles. The Morgan fingerprint density at radius 3 is 2.90 bits per heavy atom. The van der Waals surface area contributed by atoms with Crippen molar-refractivity contribution in [3.05, 3.63) is 40.5 Å². The third kappa shape index (κ3) is 2.89. The second-order valence-corrected chi connectivity index (χ2v) is 4.70. The third-order valence-corrected chi connectivity index (χ3v) is 3.00. The maximum absolute atomic E-state index is 12.2. The van der Waals surface area contributed by atoms with E-state index in [1.165, 1.54) is 19.4 Å². The van der Waals surface area contributed by atoms with Crippen molar-refractivity contribution in [2.75, 3.05) is 12.4 Å². The number of nitrogens with two attached hydrogens (primary N) is 1. The molecule has 104 valence electrons. The molecule has 0 atom stereocenters. The summed E-state index contributed by atoms with van der Waals surface area (Å²) in [6.45, 7) is 0. The Balaban J connectivity index is 2.30. The molecule has 20 heavy (non-hydrogen) atoms. The molecule has 1 heterocycles. The Morgan fingerprint density at radius 2 is 2.25 bits per heavy atom. The van der Waals surface area contributed by atoms with Crippen LogP contribution in [0.4, 0.5) is 5.82 Å². The molecule has 0 radical (unpaired) electrons. The highest BCUT2D eigenvalue weighted by molar-refractivity contribution is 7.80. The maximum Gasteiger partial charge on any atom is 0.260 e. The number of halogens is 1. The van der Waals surface area contributed by atoms with Crippen LogP contribution >= 0.6 is 23.8 Å². The van der Waals surface area contributed by atoms with Gasteiger partial charge in [-0.3, -0.25) is 9.89 Å². The molecule has 1 aromatic carbocycles. The van der Waals surface area contributed by atoms with Crippen molar-refractivity contribution in [1.82, 2.24) is 10.2 Å². The molecule has 2 aromatic rings. The van der Waals surface area contributed by atoms with Gasteiger partial charge in [0, 0.05) is 5.02 Å². The topological polar surface area (TPSA) is 93.0 Å². The van der Waals surface area contributed by atoms with Gasteiger partial charge in [0.05, 0.1) is 24.4 Å². The number of benzene rings is 1. The van der Waals surface area contributed by atoms with Crippen molar-refractivity contribution >= 4 is 40.5 Å². The molecule has 0 aliphatic carbocycles. The second kappa shape index (κ2) is 5.89. The van der Waals surface area contributed by atoms with Crippen LogP contribution in [0.5, 0.6) is 5.75 Å². The number of anilines is 1. The summed E-state index contributed by atoms with van der Waals surface area (Å²) in [4.78, 5) is 12.4. The average molecular weight is 311 g/mol. The molecular formula is C12H11ClN4O2S. The van der Waals surface area contributed by atoms with Crippen LogP contribution in [0.2, 0.25) is 5.02 Å². The number of ether oxygens (including phenoxy) is 1. The number of rotatable bonds is 4. The lowest BCUT2D eigenvalue weighted by Gasteiger charge is -2.09. The summed E-state index contributed by atoms with van der Waals surface area (Å²) in [5.74, 6) is 0.318. The molecular weight excluding hydrogens is 300 g/mol. The van der Waals surface area contributed by atoms with E-state index < -0.39 is 5.91 Å². The lowest BCUT2D eigenvalue weighted by atomic mass is 10.2. The molecule has 2 rings (SSSR count). The highest BCUT2D eigenvalue weighted by atomic mass is 35.5. The first-order chi connectivity index (χ1) is 9.52. The summed E-state index contributed by atoms with van der Waals surface area (Å²) in [5.41, 5.74) is 6.28. The van der Waals surface area contributed by atoms with E-state index in [1.54, 1.807) is 12.1 Å². The van der Waals surface area contributed by atoms with Crippen LogP contribution in [0.1, 0.15) is 15.9 Å². The first-order valence-electron chi connectivity index (χ1n) is 5.51. The fraction of sp³-hybridized carbons (Fsp3) is 0.0833. The zero-order valence-corrected chi connectivity index (χ0v) is 12.0. The van der Waals surface area contributed by atoms with Gasteiger partial charge in [-0.1, -0.05) is 23.8 Å². The van der Waals surface area contributed by atoms with E-state index in [1.807, 2.05) is 0 Å². The number of amides is 1. The zero-order chi connectivity index (χ0) is 14.7. The predicted molar refractivity (Wildman–Crippen MR) is 80.4 cm³/mol. The Labute approximate surface area is 125 Å². The standard InChI is InChI=1S/C12H11ClN4O2S/c1-19-9-3-2-6(13)4-7(9)12(18)16-11-8(10(14)20)5-15-17-11/h2-5H,1H3,(H2,14,20)(H2,15,16,17,18). The predicted octanol–water partition coefficient (Wildman–Crippen LogP) is 1.96. The quantitative estimate of drug-likeness (QED) is 0.751. The largest absolute Gasteiger partial charge is 0.496 e. The van der Waals surface area contributed by atoms with Crippen molar-refractivity contribution in [2.45, 2.75) is 0 Å². The smallest absolute Gasteiger partial charge is 0.260 e. The highest BCUT2D eigenvalue weighted by Crippen LogP contribution is 2.24. The van der Waals surface area contributed by atoms with Crippen molar-refractivity contribution < 1.29 is 9.53 Å². The minimum absolute atomic E-state index is 0.132. The van der Waals surface area contributed by atoms with Crippen LogP contribution in [-0.2, 0) is 0 Å². The molecule has 0 aliphatic heterocycles. The van der Waals surface area contributed by atoms with Crippen LogP contribution in [0.15, 0.2) is 24.4 Å². The summed E-state index contributed by atoms with van der Waals surface area (Å²) >= 11 is 10.7. The van der Waals surface area contributed by atoms with Gasteiger partial charge in [-0.15, -0.1) is 0 Å². The molecule has 1 amide bonds. The van der Waals surface area contributed by atoms with Crippen LogP contribution < -0.4 is 15.8 Å². The molecule has 0 spiro atoms. The van der Waals surface area contributed by atoms with Gasteiger partial charge in [-0.05, 0) is 18.2 Å². The van der Waals surface area contributed by atoms with E-state index in [2.05, 4.69) is 15.5 Å². The zero-order valence-electron chi connectivity index (χ0n) is 10.4. The molecule has 0 unspecified atom stereocenters. The Kier molecular flexibility index (Phi) is 4.21. The van der Waals surface area contributed by atoms with Gasteiger partial charge in [0.15, 0.2) is 0 Å². The summed E-state index contributed by atoms with van der Waals surface area (Å²) in [7, 11) is 1.47. The highest BCUT2D eigenvalue weighted by Gasteiger charge is 2.16. The lowest BCUT2D eigenvalue weighted by Crippen LogP contribution is -2.17. The number of nitrogens with one attached hydrogen (secondary N) is 2. The first kappa shape index (κ1) is 14.3. The Morgan fingerprint density at radius 1 is 1.50 bits per heavy atom. The van der Waals surface area contributed by atoms with Crippen molar-refractivity contribution in [1.29, 1.82) is 0 Å². The number of thiocarbonyl (C=S) groups is 1. The van der Waals surface area contributed by atoms with Gasteiger partial charge in [-0.25, -0.2) is 0 Å². The van der Waals surface area contributed by atoms with E-state index in [4.69, 9.17) is 34.3 Å². The second-order valence-electron chi connectivity index (χ2n) is 3.82. The lowest BCUT2D eigenvalue weighted by molar-refractivity contribution is 0.102. The fourth-order valence-electron chi connectivity index (χ4n) is 1.61. The van der Waals surface area contributed by atoms with E-state index in [-0.39, 0.29) is 4.99 Å². The maximum atomic E-state index is 12.2. The first-order valence-corrected chi connectivity index (χ1v) is 6.29. The van der Waals surface area contributed by atoms with Crippen LogP contribution in [-0.4, -0.2) is 28.2 Å². The number of carbonyl (C=O) groups excluding carboxylic acids is 1. The average Bonchev–Trinajstić information content (AvgIpc) is 2.87. The van der Waals surface area contributed by atoms with Gasteiger partial charge in [-0.2, -0.15) is 5.10 Å². The number of H-pyrrole nitrogens is 1. The van der Waals surface area contributed by atoms with E-state index in [0.717, 1.165) is 0 Å². The van der Waals surface area contributed by atoms with Crippen LogP contribution in [0.25, 0.3) is 0 Å². The number of aromatic amines is 1. The van der Waals surface area contributed by atoms with Gasteiger partial charge in [0.25, 0.3) is 5.91 Å². The number of aromatic nitrogens is 2. The summed E-state index contributed by atoms with van der Waals surface area (Å²) in [6, 6.07) is 4.75. The number of hydrogen-bond donors (Lipinski definition) is 3. The molecule has 6 nitrogen and oxygen atoms in total. The monoisotopic (exact) mass is 310 g/mol. The molecule has 0 aliphatic rings. The molecule has 0 saturated carbocycles. The molecule has 4 N–H and O–H groups in total. The van der Waals surface area contributed by atoms with E-state index in [0.29, 0.717) is 27.7 Å². The molecule has 8 heteroatoms. The number of methoxy groups -OCH3 is 1. The third-order valence-electron chi connectivity index (χ3n) is 2.55. The fourth-order valence-corrected chi connectivity index (χ4v) is 1.93. The number of hydrogen-bond acceptors (Lipinski definition) is 4. The van der Waals surface area contributed by atoms with Crippen molar-refractivity contribution in [3.63, 3.8) is 0 Å². The Hall–Kier alpha value is -2.12. The molecule has 0 bridgehead atoms. The minimum Gasteiger partial charge on any atom is -0.496 e. The van der Waals surface area contributed by atoms with Gasteiger partial charge >= 0.3 is 0 Å². The summed E-state index contributed by atoms with van der Waals surface area (Å²) in [5, 5.41) is 9.46. The van der Waals surface area contributed by atoms with Gasteiger partial charge in [0.1, 0.15) is 16.6 Å². The van der Waals surface area contributed by atoms with Gasteiger partial charge in [0.2, 0.25) is 0 Å². The van der Waals surface area contributed by atoms with Crippen LogP contribution in [0.3, 0.4) is 0 Å². The summed E-state index contributed by atoms with van der Waals surface area (Å²) in [6.07, 6.45) is 1.44. The van der Waals surface area contributed by atoms with E-state index >= 15 is 0 Å². The minimum atomic E-state index is -0.411. The molecule has 1 aromatic heterocycles. The number of nitrogens with zero attached hydrogens (tertiary/aromatic N) is 1. The summed E-state index contributed by atoms with van der Waals surface area (Å²) < 4.78 is 5.12. The van der Waals surface area contributed by atoms with Gasteiger partial charge < -0.3 is 15.8 Å².